The van der Waals surface area contributed by atoms with E-state index in [1.165, 1.54) is 65.7 Å². The number of imidazole rings is 1. The van der Waals surface area contributed by atoms with Crippen LogP contribution in [0.1, 0.15) is 12.7 Å². The Balaban J connectivity index is 1.24. The molecule has 0 radical (unpaired) electrons. The lowest BCUT2D eigenvalue weighted by molar-refractivity contribution is 0.909. The van der Waals surface area contributed by atoms with E-state index in [1.54, 1.807) is 0 Å². The van der Waals surface area contributed by atoms with Crippen molar-refractivity contribution >= 4 is 43.4 Å². The molecule has 47 heavy (non-hydrogen) atoms. The molecule has 0 atom stereocenters. The summed E-state index contributed by atoms with van der Waals surface area (Å²) in [7, 11) is 0. The Hall–Kier alpha value is -5.99. The number of nitrogens with zero attached hydrogens (tertiary/aromatic N) is 2. The predicted octanol–water partition coefficient (Wildman–Crippen LogP) is 12.0. The SMILES string of the molecule is CCc1nc2ccccc2n1-c1ccc2cc(-c3ccc4c(-c5ccccc5)c5ccccc5c(-c5ccccc5)c4c3)ccc2c1. The van der Waals surface area contributed by atoms with Gasteiger partial charge in [0.2, 0.25) is 0 Å². The lowest BCUT2D eigenvalue weighted by Gasteiger charge is -2.19. The van der Waals surface area contributed by atoms with Gasteiger partial charge in [0.05, 0.1) is 11.0 Å². The quantitative estimate of drug-likeness (QED) is 0.180. The van der Waals surface area contributed by atoms with Crippen LogP contribution >= 0.6 is 0 Å². The topological polar surface area (TPSA) is 17.8 Å². The van der Waals surface area contributed by atoms with E-state index in [0.717, 1.165) is 29.0 Å². The van der Waals surface area contributed by atoms with E-state index in [0.29, 0.717) is 0 Å². The summed E-state index contributed by atoms with van der Waals surface area (Å²) in [5, 5.41) is 7.51. The largest absolute Gasteiger partial charge is 0.296 e. The molecule has 0 saturated carbocycles. The van der Waals surface area contributed by atoms with Gasteiger partial charge in [-0.1, -0.05) is 134 Å². The molecule has 0 saturated heterocycles. The van der Waals surface area contributed by atoms with Gasteiger partial charge in [-0.3, -0.25) is 4.57 Å². The molecule has 0 spiro atoms. The molecule has 1 aromatic heterocycles. The van der Waals surface area contributed by atoms with Gasteiger partial charge >= 0.3 is 0 Å². The Labute approximate surface area is 274 Å². The number of hydrogen-bond donors (Lipinski definition) is 0. The van der Waals surface area contributed by atoms with Crippen molar-refractivity contribution in [1.82, 2.24) is 9.55 Å². The zero-order valence-electron chi connectivity index (χ0n) is 26.2. The highest BCUT2D eigenvalue weighted by Gasteiger charge is 2.18. The van der Waals surface area contributed by atoms with Crippen LogP contribution in [0.4, 0.5) is 0 Å². The van der Waals surface area contributed by atoms with Gasteiger partial charge in [-0.05, 0) is 102 Å². The fraction of sp³-hybridized carbons (Fsp3) is 0.0444. The van der Waals surface area contributed by atoms with Gasteiger partial charge in [0.1, 0.15) is 5.82 Å². The molecular formula is C45H32N2. The monoisotopic (exact) mass is 600 g/mol. The van der Waals surface area contributed by atoms with Gasteiger partial charge in [-0.15, -0.1) is 0 Å². The van der Waals surface area contributed by atoms with Gasteiger partial charge in [-0.2, -0.15) is 0 Å². The van der Waals surface area contributed by atoms with Crippen molar-refractivity contribution in [3.05, 3.63) is 170 Å². The van der Waals surface area contributed by atoms with Crippen LogP contribution in [0.15, 0.2) is 164 Å². The van der Waals surface area contributed by atoms with Crippen LogP contribution in [0.2, 0.25) is 0 Å². The second-order valence-corrected chi connectivity index (χ2v) is 12.2. The summed E-state index contributed by atoms with van der Waals surface area (Å²) in [6, 6.07) is 59.5. The molecule has 9 rings (SSSR count). The van der Waals surface area contributed by atoms with Gasteiger partial charge in [-0.25, -0.2) is 4.98 Å². The second-order valence-electron chi connectivity index (χ2n) is 12.2. The van der Waals surface area contributed by atoms with Gasteiger partial charge in [0.25, 0.3) is 0 Å². The third kappa shape index (κ3) is 4.53. The highest BCUT2D eigenvalue weighted by molar-refractivity contribution is 6.22. The maximum absolute atomic E-state index is 4.90. The Kier molecular flexibility index (Phi) is 6.46. The fourth-order valence-electron chi connectivity index (χ4n) is 7.34. The molecule has 222 valence electrons. The first kappa shape index (κ1) is 27.3. The molecule has 2 nitrogen and oxygen atoms in total. The van der Waals surface area contributed by atoms with Crippen LogP contribution in [-0.4, -0.2) is 9.55 Å². The van der Waals surface area contributed by atoms with Gasteiger partial charge < -0.3 is 0 Å². The Morgan fingerprint density at radius 1 is 0.447 bits per heavy atom. The van der Waals surface area contributed by atoms with Crippen molar-refractivity contribution in [2.75, 3.05) is 0 Å². The van der Waals surface area contributed by atoms with E-state index in [1.807, 2.05) is 0 Å². The number of hydrogen-bond acceptors (Lipinski definition) is 1. The van der Waals surface area contributed by atoms with Crippen LogP contribution in [-0.2, 0) is 6.42 Å². The number of fused-ring (bicyclic) bond motifs is 4. The molecule has 1 heterocycles. The number of para-hydroxylation sites is 2. The standard InChI is InChI=1S/C45H32N2/c1-2-43-46-41-19-11-12-20-42(41)47(43)36-25-23-33-27-32(21-22-34(33)28-36)35-24-26-39-40(29-35)45(31-15-7-4-8-16-31)38-18-10-9-17-37(38)44(39)30-13-5-3-6-14-30/h3-29H,2H2,1H3. The molecular weight excluding hydrogens is 569 g/mol. The third-order valence-electron chi connectivity index (χ3n) is 9.51. The number of aromatic nitrogens is 2. The third-order valence-corrected chi connectivity index (χ3v) is 9.51. The molecule has 8 aromatic carbocycles. The van der Waals surface area contributed by atoms with Crippen LogP contribution in [0, 0.1) is 0 Å². The first-order valence-electron chi connectivity index (χ1n) is 16.4. The first-order chi connectivity index (χ1) is 23.3. The van der Waals surface area contributed by atoms with Crippen LogP contribution in [0.5, 0.6) is 0 Å². The summed E-state index contributed by atoms with van der Waals surface area (Å²) >= 11 is 0. The summed E-state index contributed by atoms with van der Waals surface area (Å²) in [6.45, 7) is 2.17. The number of rotatable bonds is 5. The molecule has 0 aliphatic carbocycles. The smallest absolute Gasteiger partial charge is 0.114 e. The van der Waals surface area contributed by atoms with Gasteiger partial charge in [0, 0.05) is 12.1 Å². The van der Waals surface area contributed by atoms with Gasteiger partial charge in [0.15, 0.2) is 0 Å². The molecule has 0 unspecified atom stereocenters. The Bertz CT molecular complexity index is 2600. The summed E-state index contributed by atoms with van der Waals surface area (Å²) in [6.07, 6.45) is 0.875. The average molecular weight is 601 g/mol. The summed E-state index contributed by atoms with van der Waals surface area (Å²) in [4.78, 5) is 4.90. The van der Waals surface area contributed by atoms with E-state index in [-0.39, 0.29) is 0 Å². The van der Waals surface area contributed by atoms with Crippen molar-refractivity contribution in [1.29, 1.82) is 0 Å². The summed E-state index contributed by atoms with van der Waals surface area (Å²) < 4.78 is 2.30. The van der Waals surface area contributed by atoms with E-state index < -0.39 is 0 Å². The van der Waals surface area contributed by atoms with Crippen molar-refractivity contribution in [3.63, 3.8) is 0 Å². The second kappa shape index (κ2) is 11.1. The molecule has 0 aliphatic rings. The minimum atomic E-state index is 0.875. The highest BCUT2D eigenvalue weighted by atomic mass is 15.1. The predicted molar refractivity (Wildman–Crippen MR) is 199 cm³/mol. The molecule has 9 aromatic rings. The minimum Gasteiger partial charge on any atom is -0.296 e. The Morgan fingerprint density at radius 3 is 1.72 bits per heavy atom. The minimum absolute atomic E-state index is 0.875. The maximum atomic E-state index is 4.90. The lowest BCUT2D eigenvalue weighted by Crippen LogP contribution is -1.99. The van der Waals surface area contributed by atoms with Crippen LogP contribution in [0.25, 0.3) is 82.4 Å². The summed E-state index contributed by atoms with van der Waals surface area (Å²) in [5.74, 6) is 1.08. The van der Waals surface area contributed by atoms with Crippen molar-refractivity contribution in [3.8, 4) is 39.1 Å². The average Bonchev–Trinajstić information content (AvgIpc) is 3.53. The van der Waals surface area contributed by atoms with Crippen LogP contribution in [0.3, 0.4) is 0 Å². The van der Waals surface area contributed by atoms with E-state index in [4.69, 9.17) is 4.98 Å². The zero-order valence-corrected chi connectivity index (χ0v) is 26.2. The molecule has 0 aliphatic heterocycles. The van der Waals surface area contributed by atoms with Crippen molar-refractivity contribution in [2.45, 2.75) is 13.3 Å². The van der Waals surface area contributed by atoms with E-state index >= 15 is 0 Å². The van der Waals surface area contributed by atoms with Crippen molar-refractivity contribution in [2.24, 2.45) is 0 Å². The fourth-order valence-corrected chi connectivity index (χ4v) is 7.34. The van der Waals surface area contributed by atoms with E-state index in [2.05, 4.69) is 175 Å². The van der Waals surface area contributed by atoms with E-state index in [9.17, 15) is 0 Å². The molecule has 0 N–H and O–H groups in total. The highest BCUT2D eigenvalue weighted by Crippen LogP contribution is 2.44. The Morgan fingerprint density at radius 2 is 1.00 bits per heavy atom. The van der Waals surface area contributed by atoms with Crippen LogP contribution < -0.4 is 0 Å². The number of aryl methyl sites for hydroxylation is 1. The first-order valence-corrected chi connectivity index (χ1v) is 16.4. The summed E-state index contributed by atoms with van der Waals surface area (Å²) in [5.41, 5.74) is 10.8. The van der Waals surface area contributed by atoms with Crippen molar-refractivity contribution < 1.29 is 0 Å². The lowest BCUT2D eigenvalue weighted by atomic mass is 9.85. The molecule has 2 heteroatoms. The molecule has 0 bridgehead atoms. The number of benzene rings is 8. The maximum Gasteiger partial charge on any atom is 0.114 e. The molecule has 0 amide bonds. The normalized spacial score (nSPS) is 11.6. The zero-order chi connectivity index (χ0) is 31.3. The molecule has 0 fully saturated rings.